The maximum Gasteiger partial charge on any atom is 0.222 e. The molecule has 0 fully saturated rings. The topological polar surface area (TPSA) is 20.3 Å². The maximum absolute atomic E-state index is 11.3. The Hall–Kier alpha value is -0.530. The lowest BCUT2D eigenvalue weighted by molar-refractivity contribution is -0.130. The van der Waals surface area contributed by atoms with Gasteiger partial charge in [0, 0.05) is 20.0 Å². The van der Waals surface area contributed by atoms with Crippen LogP contribution >= 0.6 is 0 Å². The third-order valence-electron chi connectivity index (χ3n) is 2.02. The van der Waals surface area contributed by atoms with Crippen molar-refractivity contribution in [1.82, 2.24) is 4.90 Å². The van der Waals surface area contributed by atoms with Crippen molar-refractivity contribution in [3.63, 3.8) is 0 Å². The summed E-state index contributed by atoms with van der Waals surface area (Å²) in [5.41, 5.74) is 0. The fraction of sp³-hybridized carbons (Fsp3) is 0.900. The van der Waals surface area contributed by atoms with Crippen molar-refractivity contribution >= 4 is 5.91 Å². The molecule has 0 N–H and O–H groups in total. The Labute approximate surface area is 75.9 Å². The van der Waals surface area contributed by atoms with Crippen molar-refractivity contribution in [2.24, 2.45) is 0 Å². The molecule has 0 aliphatic carbocycles. The molecule has 12 heavy (non-hydrogen) atoms. The molecule has 2 nitrogen and oxygen atoms in total. The van der Waals surface area contributed by atoms with Crippen LogP contribution in [0.1, 0.15) is 46.0 Å². The lowest BCUT2D eigenvalue weighted by Crippen LogP contribution is -2.27. The van der Waals surface area contributed by atoms with E-state index in [1.165, 1.54) is 0 Å². The van der Waals surface area contributed by atoms with Crippen molar-refractivity contribution in [3.8, 4) is 0 Å². The number of amides is 1. The number of hydrogen-bond donors (Lipinski definition) is 0. The van der Waals surface area contributed by atoms with E-state index in [1.54, 1.807) is 0 Å². The lowest BCUT2D eigenvalue weighted by atomic mass is 10.2. The first kappa shape index (κ1) is 11.5. The Morgan fingerprint density at radius 3 is 2.25 bits per heavy atom. The Morgan fingerprint density at radius 2 is 1.75 bits per heavy atom. The van der Waals surface area contributed by atoms with Crippen molar-refractivity contribution in [1.29, 1.82) is 0 Å². The first-order valence-electron chi connectivity index (χ1n) is 4.96. The van der Waals surface area contributed by atoms with Gasteiger partial charge in [0.15, 0.2) is 0 Å². The van der Waals surface area contributed by atoms with Crippen LogP contribution in [0.3, 0.4) is 0 Å². The van der Waals surface area contributed by atoms with E-state index in [-0.39, 0.29) is 0 Å². The van der Waals surface area contributed by atoms with Crippen molar-refractivity contribution in [3.05, 3.63) is 0 Å². The van der Waals surface area contributed by atoms with Crippen LogP contribution in [0.4, 0.5) is 0 Å². The first-order valence-corrected chi connectivity index (χ1v) is 4.96. The van der Waals surface area contributed by atoms with E-state index in [0.717, 1.165) is 38.6 Å². The highest BCUT2D eigenvalue weighted by molar-refractivity contribution is 5.75. The molecule has 2 heteroatoms. The summed E-state index contributed by atoms with van der Waals surface area (Å²) in [5, 5.41) is 0. The van der Waals surface area contributed by atoms with Gasteiger partial charge < -0.3 is 4.90 Å². The highest BCUT2D eigenvalue weighted by Gasteiger charge is 2.05. The highest BCUT2D eigenvalue weighted by atomic mass is 16.2. The van der Waals surface area contributed by atoms with Gasteiger partial charge in [-0.05, 0) is 12.8 Å². The number of hydrogen-bond acceptors (Lipinski definition) is 1. The molecule has 0 aliphatic rings. The molecule has 0 rings (SSSR count). The van der Waals surface area contributed by atoms with E-state index >= 15 is 0 Å². The standard InChI is InChI=1S/C10H21NO/c1-4-6-8-10(12)11(3)9-7-5-2/h4-9H2,1-3H3. The SMILES string of the molecule is CCCCC(=O)N(C)CCCC. The number of unbranched alkanes of at least 4 members (excludes halogenated alkanes) is 2. The van der Waals surface area contributed by atoms with E-state index in [0.29, 0.717) is 5.91 Å². The largest absolute Gasteiger partial charge is 0.346 e. The number of carbonyl (C=O) groups excluding carboxylic acids is 1. The molecule has 72 valence electrons. The molecule has 0 bridgehead atoms. The summed E-state index contributed by atoms with van der Waals surface area (Å²) in [5.74, 6) is 0.297. The minimum atomic E-state index is 0.297. The zero-order chi connectivity index (χ0) is 9.40. The predicted octanol–water partition coefficient (Wildman–Crippen LogP) is 2.44. The van der Waals surface area contributed by atoms with Gasteiger partial charge in [-0.2, -0.15) is 0 Å². The van der Waals surface area contributed by atoms with Crippen LogP contribution in [0.25, 0.3) is 0 Å². The van der Waals surface area contributed by atoms with Crippen molar-refractivity contribution < 1.29 is 4.79 Å². The van der Waals surface area contributed by atoms with E-state index in [9.17, 15) is 4.79 Å². The fourth-order valence-corrected chi connectivity index (χ4v) is 1.04. The summed E-state index contributed by atoms with van der Waals surface area (Å²) in [6, 6.07) is 0. The minimum Gasteiger partial charge on any atom is -0.346 e. The molecule has 0 unspecified atom stereocenters. The summed E-state index contributed by atoms with van der Waals surface area (Å²) in [7, 11) is 1.90. The lowest BCUT2D eigenvalue weighted by Gasteiger charge is -2.16. The van der Waals surface area contributed by atoms with Gasteiger partial charge in [0.1, 0.15) is 0 Å². The van der Waals surface area contributed by atoms with Crippen LogP contribution in [0, 0.1) is 0 Å². The fourth-order valence-electron chi connectivity index (χ4n) is 1.04. The van der Waals surface area contributed by atoms with Crippen molar-refractivity contribution in [2.75, 3.05) is 13.6 Å². The zero-order valence-electron chi connectivity index (χ0n) is 8.60. The van der Waals surface area contributed by atoms with Gasteiger partial charge >= 0.3 is 0 Å². The Kier molecular flexibility index (Phi) is 6.82. The Morgan fingerprint density at radius 1 is 1.17 bits per heavy atom. The third kappa shape index (κ3) is 5.16. The van der Waals surface area contributed by atoms with Gasteiger partial charge in [-0.15, -0.1) is 0 Å². The normalized spacial score (nSPS) is 9.92. The average Bonchev–Trinajstić information content (AvgIpc) is 2.10. The van der Waals surface area contributed by atoms with E-state index in [1.807, 2.05) is 11.9 Å². The summed E-state index contributed by atoms with van der Waals surface area (Å²) in [6.45, 7) is 5.17. The molecule has 0 spiro atoms. The van der Waals surface area contributed by atoms with Gasteiger partial charge in [-0.25, -0.2) is 0 Å². The monoisotopic (exact) mass is 171 g/mol. The molecule has 0 saturated carbocycles. The molecule has 0 saturated heterocycles. The van der Waals surface area contributed by atoms with E-state index < -0.39 is 0 Å². The molecular weight excluding hydrogens is 150 g/mol. The van der Waals surface area contributed by atoms with Gasteiger partial charge in [-0.3, -0.25) is 4.79 Å². The van der Waals surface area contributed by atoms with Crippen LogP contribution in [-0.2, 0) is 4.79 Å². The average molecular weight is 171 g/mol. The van der Waals surface area contributed by atoms with Gasteiger partial charge in [-0.1, -0.05) is 26.7 Å². The Balaban J connectivity index is 3.47. The second-order valence-electron chi connectivity index (χ2n) is 3.27. The summed E-state index contributed by atoms with van der Waals surface area (Å²) >= 11 is 0. The zero-order valence-corrected chi connectivity index (χ0v) is 8.60. The van der Waals surface area contributed by atoms with Crippen LogP contribution in [0.2, 0.25) is 0 Å². The van der Waals surface area contributed by atoms with Gasteiger partial charge in [0.25, 0.3) is 0 Å². The van der Waals surface area contributed by atoms with E-state index in [2.05, 4.69) is 13.8 Å². The van der Waals surface area contributed by atoms with Crippen molar-refractivity contribution in [2.45, 2.75) is 46.0 Å². The maximum atomic E-state index is 11.3. The molecule has 0 aromatic carbocycles. The van der Waals surface area contributed by atoms with Crippen LogP contribution in [0.5, 0.6) is 0 Å². The number of rotatable bonds is 6. The van der Waals surface area contributed by atoms with Crippen LogP contribution in [-0.4, -0.2) is 24.4 Å². The summed E-state index contributed by atoms with van der Waals surface area (Å²) in [6.07, 6.45) is 5.12. The molecular formula is C10H21NO. The quantitative estimate of drug-likeness (QED) is 0.601. The second kappa shape index (κ2) is 7.14. The summed E-state index contributed by atoms with van der Waals surface area (Å²) in [4.78, 5) is 13.2. The summed E-state index contributed by atoms with van der Waals surface area (Å²) < 4.78 is 0. The third-order valence-corrected chi connectivity index (χ3v) is 2.02. The second-order valence-corrected chi connectivity index (χ2v) is 3.27. The number of nitrogens with zero attached hydrogens (tertiary/aromatic N) is 1. The van der Waals surface area contributed by atoms with Gasteiger partial charge in [0.2, 0.25) is 5.91 Å². The molecule has 0 radical (unpaired) electrons. The van der Waals surface area contributed by atoms with Crippen LogP contribution < -0.4 is 0 Å². The molecule has 1 amide bonds. The molecule has 0 aromatic heterocycles. The van der Waals surface area contributed by atoms with Gasteiger partial charge in [0.05, 0.1) is 0 Å². The molecule has 0 heterocycles. The smallest absolute Gasteiger partial charge is 0.222 e. The predicted molar refractivity (Wildman–Crippen MR) is 52.1 cm³/mol. The first-order chi connectivity index (χ1) is 5.72. The van der Waals surface area contributed by atoms with Crippen LogP contribution in [0.15, 0.2) is 0 Å². The van der Waals surface area contributed by atoms with E-state index in [4.69, 9.17) is 0 Å². The molecule has 0 aromatic rings. The molecule has 0 atom stereocenters. The minimum absolute atomic E-state index is 0.297. The highest BCUT2D eigenvalue weighted by Crippen LogP contribution is 2.00. The Bertz CT molecular complexity index is 123. The molecule has 0 aliphatic heterocycles. The number of carbonyl (C=O) groups is 1.